The highest BCUT2D eigenvalue weighted by Crippen LogP contribution is 2.38. The Balaban J connectivity index is 1.06. The molecule has 0 radical (unpaired) electrons. The van der Waals surface area contributed by atoms with Crippen molar-refractivity contribution in [3.05, 3.63) is 176 Å². The Labute approximate surface area is 287 Å². The van der Waals surface area contributed by atoms with Crippen LogP contribution < -0.4 is 0 Å². The topological polar surface area (TPSA) is 27.9 Å². The zero-order chi connectivity index (χ0) is 32.8. The van der Waals surface area contributed by atoms with Gasteiger partial charge in [-0.2, -0.15) is 0 Å². The Bertz CT molecular complexity index is 3060. The smallest absolute Gasteiger partial charge is 0.212 e. The van der Waals surface area contributed by atoms with Gasteiger partial charge in [-0.3, -0.25) is 4.57 Å². The number of rotatable bonds is 4. The van der Waals surface area contributed by atoms with Crippen LogP contribution in [0.1, 0.15) is 0 Å². The second-order valence-electron chi connectivity index (χ2n) is 13.0. The molecule has 0 saturated carbocycles. The summed E-state index contributed by atoms with van der Waals surface area (Å²) in [6, 6.07) is 61.0. The Morgan fingerprint density at radius 1 is 0.340 bits per heavy atom. The highest BCUT2D eigenvalue weighted by Gasteiger charge is 2.17. The summed E-state index contributed by atoms with van der Waals surface area (Å²) in [4.78, 5) is 0. The van der Waals surface area contributed by atoms with E-state index >= 15 is 0 Å². The molecule has 0 fully saturated rings. The fourth-order valence-electron chi connectivity index (χ4n) is 8.05. The molecule has 0 aliphatic heterocycles. The fourth-order valence-corrected chi connectivity index (χ4v) is 8.05. The molecule has 0 aliphatic rings. The van der Waals surface area contributed by atoms with E-state index in [0.717, 1.165) is 50.3 Å². The van der Waals surface area contributed by atoms with Crippen LogP contribution in [0.2, 0.25) is 0 Å². The van der Waals surface area contributed by atoms with Gasteiger partial charge in [-0.15, -0.1) is 0 Å². The number of nitrogens with zero attached hydrogens (tertiary/aromatic N) is 3. The van der Waals surface area contributed by atoms with Crippen LogP contribution in [0, 0.1) is 0 Å². The van der Waals surface area contributed by atoms with Crippen molar-refractivity contribution in [2.24, 2.45) is 0 Å². The Morgan fingerprint density at radius 2 is 0.860 bits per heavy atom. The van der Waals surface area contributed by atoms with E-state index in [1.54, 1.807) is 0 Å². The third kappa shape index (κ3) is 3.87. The summed E-state index contributed by atoms with van der Waals surface area (Å²) in [7, 11) is 0. The minimum atomic E-state index is 0.864. The lowest BCUT2D eigenvalue weighted by Crippen LogP contribution is -1.96. The summed E-state index contributed by atoms with van der Waals surface area (Å²) in [6.45, 7) is 0. The van der Waals surface area contributed by atoms with Gasteiger partial charge in [0.25, 0.3) is 0 Å². The van der Waals surface area contributed by atoms with Gasteiger partial charge in [-0.05, 0) is 83.9 Å². The lowest BCUT2D eigenvalue weighted by molar-refractivity contribution is 0.643. The lowest BCUT2D eigenvalue weighted by Gasteiger charge is -2.12. The molecule has 50 heavy (non-hydrogen) atoms. The van der Waals surface area contributed by atoms with Crippen molar-refractivity contribution in [3.8, 4) is 28.2 Å². The molecule has 0 amide bonds. The van der Waals surface area contributed by atoms with E-state index in [2.05, 4.69) is 178 Å². The molecule has 0 saturated heterocycles. The van der Waals surface area contributed by atoms with Crippen LogP contribution >= 0.6 is 0 Å². The Hall–Kier alpha value is -6.78. The van der Waals surface area contributed by atoms with Crippen LogP contribution in [0.4, 0.5) is 0 Å². The van der Waals surface area contributed by atoms with Gasteiger partial charge in [0.05, 0.1) is 22.1 Å². The van der Waals surface area contributed by atoms with Gasteiger partial charge in [0, 0.05) is 55.6 Å². The number of furan rings is 1. The van der Waals surface area contributed by atoms with Crippen molar-refractivity contribution in [1.29, 1.82) is 0 Å². The second kappa shape index (κ2) is 10.4. The normalized spacial score (nSPS) is 12.0. The van der Waals surface area contributed by atoms with Crippen molar-refractivity contribution in [2.75, 3.05) is 0 Å². The minimum Gasteiger partial charge on any atom is -0.439 e. The summed E-state index contributed by atoms with van der Waals surface area (Å²) in [6.07, 6.45) is 2.10. The molecule has 234 valence electrons. The van der Waals surface area contributed by atoms with Crippen molar-refractivity contribution in [1.82, 2.24) is 13.7 Å². The Morgan fingerprint density at radius 3 is 1.54 bits per heavy atom. The molecule has 4 heteroatoms. The van der Waals surface area contributed by atoms with Gasteiger partial charge in [0.1, 0.15) is 5.58 Å². The van der Waals surface area contributed by atoms with E-state index in [4.69, 9.17) is 4.42 Å². The largest absolute Gasteiger partial charge is 0.439 e. The van der Waals surface area contributed by atoms with E-state index in [1.807, 2.05) is 12.1 Å². The van der Waals surface area contributed by atoms with Crippen molar-refractivity contribution in [2.45, 2.75) is 0 Å². The van der Waals surface area contributed by atoms with Gasteiger partial charge in [0.2, 0.25) is 5.71 Å². The van der Waals surface area contributed by atoms with E-state index in [9.17, 15) is 0 Å². The SMILES string of the molecule is c1cc(-c2cccc(-n3c4ccccc4c4cc(-n5c6ccccc6c6ccccc65)ccc43)c2)cc(-n2ccc3c4ccccc4oc32)c1. The minimum absolute atomic E-state index is 0.864. The molecular formula is C46H29N3O. The molecule has 0 unspecified atom stereocenters. The van der Waals surface area contributed by atoms with Crippen LogP contribution in [0.3, 0.4) is 0 Å². The summed E-state index contributed by atoms with van der Waals surface area (Å²) in [5.74, 6) is 0. The molecule has 7 aromatic carbocycles. The summed E-state index contributed by atoms with van der Waals surface area (Å²) >= 11 is 0. The van der Waals surface area contributed by atoms with E-state index in [-0.39, 0.29) is 0 Å². The maximum atomic E-state index is 6.31. The predicted molar refractivity (Wildman–Crippen MR) is 207 cm³/mol. The summed E-state index contributed by atoms with van der Waals surface area (Å²) in [5, 5.41) is 7.27. The zero-order valence-corrected chi connectivity index (χ0v) is 27.0. The number of hydrogen-bond acceptors (Lipinski definition) is 1. The quantitative estimate of drug-likeness (QED) is 0.188. The first-order valence-corrected chi connectivity index (χ1v) is 17.0. The standard InChI is InChI=1S/C46H29N3O/c1-5-19-41-35(15-1)36-16-2-6-20-42(36)49(41)34-23-24-44-40(29-34)37-17-3-7-21-43(37)48(44)33-14-10-12-31(28-33)30-11-9-13-32(27-30)47-26-25-39-38-18-4-8-22-45(38)50-46(39)47/h1-29H. The molecular weight excluding hydrogens is 611 g/mol. The van der Waals surface area contributed by atoms with Crippen LogP contribution in [-0.2, 0) is 0 Å². The van der Waals surface area contributed by atoms with Crippen LogP contribution in [-0.4, -0.2) is 13.7 Å². The first-order chi connectivity index (χ1) is 24.8. The van der Waals surface area contributed by atoms with Crippen molar-refractivity contribution < 1.29 is 4.42 Å². The van der Waals surface area contributed by atoms with Gasteiger partial charge in [0.15, 0.2) is 0 Å². The van der Waals surface area contributed by atoms with Gasteiger partial charge in [-0.25, -0.2) is 0 Å². The summed E-state index contributed by atoms with van der Waals surface area (Å²) < 4.78 is 13.2. The molecule has 4 heterocycles. The molecule has 0 atom stereocenters. The van der Waals surface area contributed by atoms with Crippen LogP contribution in [0.5, 0.6) is 0 Å². The molecule has 11 aromatic rings. The second-order valence-corrected chi connectivity index (χ2v) is 13.0. The molecule has 11 rings (SSSR count). The molecule has 4 aromatic heterocycles. The van der Waals surface area contributed by atoms with Crippen LogP contribution in [0.25, 0.3) is 93.9 Å². The van der Waals surface area contributed by atoms with Crippen LogP contribution in [0.15, 0.2) is 180 Å². The first kappa shape index (κ1) is 27.2. The monoisotopic (exact) mass is 639 g/mol. The van der Waals surface area contributed by atoms with E-state index < -0.39 is 0 Å². The number of fused-ring (bicyclic) bond motifs is 9. The van der Waals surface area contributed by atoms with E-state index in [0.29, 0.717) is 0 Å². The molecule has 4 nitrogen and oxygen atoms in total. The van der Waals surface area contributed by atoms with Crippen molar-refractivity contribution in [3.63, 3.8) is 0 Å². The van der Waals surface area contributed by atoms with E-state index in [1.165, 1.54) is 43.6 Å². The highest BCUT2D eigenvalue weighted by molar-refractivity contribution is 6.12. The average molecular weight is 640 g/mol. The number of aromatic nitrogens is 3. The number of hydrogen-bond donors (Lipinski definition) is 0. The van der Waals surface area contributed by atoms with Crippen molar-refractivity contribution >= 4 is 65.7 Å². The highest BCUT2D eigenvalue weighted by atomic mass is 16.3. The molecule has 0 aliphatic carbocycles. The predicted octanol–water partition coefficient (Wildman–Crippen LogP) is 12.2. The third-order valence-electron chi connectivity index (χ3n) is 10.3. The van der Waals surface area contributed by atoms with Gasteiger partial charge < -0.3 is 13.6 Å². The fraction of sp³-hybridized carbons (Fsp3) is 0. The maximum Gasteiger partial charge on any atom is 0.212 e. The summed E-state index contributed by atoms with van der Waals surface area (Å²) in [5.41, 5.74) is 12.2. The lowest BCUT2D eigenvalue weighted by atomic mass is 10.0. The molecule has 0 bridgehead atoms. The van der Waals surface area contributed by atoms with Gasteiger partial charge in [-0.1, -0.05) is 97.1 Å². The Kier molecular flexibility index (Phi) is 5.63. The first-order valence-electron chi connectivity index (χ1n) is 17.0. The third-order valence-corrected chi connectivity index (χ3v) is 10.3. The molecule has 0 N–H and O–H groups in total. The van der Waals surface area contributed by atoms with Gasteiger partial charge >= 0.3 is 0 Å². The number of para-hydroxylation sites is 4. The number of benzene rings is 7. The molecule has 0 spiro atoms. The zero-order valence-electron chi connectivity index (χ0n) is 27.0. The average Bonchev–Trinajstić information content (AvgIpc) is 3.93. The maximum absolute atomic E-state index is 6.31.